The van der Waals surface area contributed by atoms with Crippen molar-refractivity contribution in [2.75, 3.05) is 0 Å². The molecule has 0 bridgehead atoms. The van der Waals surface area contributed by atoms with Crippen molar-refractivity contribution in [3.8, 4) is 22.3 Å². The van der Waals surface area contributed by atoms with Crippen LogP contribution in [0.2, 0.25) is 12.1 Å². The molecule has 0 saturated heterocycles. The monoisotopic (exact) mass is 550 g/mol. The summed E-state index contributed by atoms with van der Waals surface area (Å²) in [7, 11) is 0.939. The maximum Gasteiger partial charge on any atom is 0.0397 e. The standard InChI is InChI=1S/C40H42Si/c1-7-29-21-37-33(31-17-25(3)15-26(4)18-31)11-9-13-35(37)39(29)23-41-24-40-30(8-2)22-38-34(12-10-14-36(38)40)32-19-27(5)16-28(6)20-32/h9-22,39-40H,7-8,23-24H2,1-6H3. The van der Waals surface area contributed by atoms with E-state index in [9.17, 15) is 0 Å². The molecule has 0 saturated carbocycles. The fourth-order valence-corrected chi connectivity index (χ4v) is 9.09. The van der Waals surface area contributed by atoms with Gasteiger partial charge in [-0.05, 0) is 85.0 Å². The minimum absolute atomic E-state index is 0.552. The second-order valence-corrected chi connectivity index (χ2v) is 13.6. The summed E-state index contributed by atoms with van der Waals surface area (Å²) in [5.74, 6) is 1.10. The Morgan fingerprint density at radius 2 is 0.927 bits per heavy atom. The fraction of sp³-hybridized carbons (Fsp3) is 0.300. The lowest BCUT2D eigenvalue weighted by molar-refractivity contribution is 0.830. The predicted molar refractivity (Wildman–Crippen MR) is 180 cm³/mol. The number of rotatable bonds is 8. The first-order valence-electron chi connectivity index (χ1n) is 15.4. The van der Waals surface area contributed by atoms with E-state index in [-0.39, 0.29) is 0 Å². The van der Waals surface area contributed by atoms with Crippen LogP contribution in [-0.4, -0.2) is 9.52 Å². The van der Waals surface area contributed by atoms with Crippen molar-refractivity contribution >= 4 is 21.7 Å². The molecule has 4 aromatic carbocycles. The Morgan fingerprint density at radius 3 is 1.29 bits per heavy atom. The summed E-state index contributed by atoms with van der Waals surface area (Å²) in [6.07, 6.45) is 7.30. The lowest BCUT2D eigenvalue weighted by atomic mass is 9.91. The Hall–Kier alpha value is -3.42. The fourth-order valence-electron chi connectivity index (χ4n) is 7.38. The second-order valence-electron chi connectivity index (χ2n) is 12.3. The molecule has 1 heteroatoms. The minimum atomic E-state index is 0.552. The molecule has 2 aliphatic rings. The van der Waals surface area contributed by atoms with Gasteiger partial charge in [-0.1, -0.05) is 144 Å². The number of aryl methyl sites for hydroxylation is 4. The molecular formula is C40H42Si. The Morgan fingerprint density at radius 1 is 0.537 bits per heavy atom. The number of hydrogen-bond acceptors (Lipinski definition) is 0. The van der Waals surface area contributed by atoms with Crippen molar-refractivity contribution in [3.63, 3.8) is 0 Å². The van der Waals surface area contributed by atoms with Gasteiger partial charge in [0.15, 0.2) is 0 Å². The highest BCUT2D eigenvalue weighted by Gasteiger charge is 2.29. The quantitative estimate of drug-likeness (QED) is 0.191. The number of hydrogen-bond donors (Lipinski definition) is 0. The summed E-state index contributed by atoms with van der Waals surface area (Å²) >= 11 is 0. The van der Waals surface area contributed by atoms with E-state index in [0.29, 0.717) is 11.8 Å². The van der Waals surface area contributed by atoms with Crippen LogP contribution in [0, 0.1) is 27.7 Å². The van der Waals surface area contributed by atoms with E-state index in [1.807, 2.05) is 0 Å². The number of allylic oxidation sites excluding steroid dienone is 2. The van der Waals surface area contributed by atoms with Gasteiger partial charge in [-0.2, -0.15) is 0 Å². The van der Waals surface area contributed by atoms with Crippen LogP contribution in [0.15, 0.2) is 83.9 Å². The molecule has 41 heavy (non-hydrogen) atoms. The van der Waals surface area contributed by atoms with Gasteiger partial charge in [-0.3, -0.25) is 0 Å². The molecule has 2 aliphatic carbocycles. The van der Waals surface area contributed by atoms with E-state index in [2.05, 4.69) is 126 Å². The molecule has 6 rings (SSSR count). The highest BCUT2D eigenvalue weighted by atomic mass is 28.2. The van der Waals surface area contributed by atoms with E-state index in [0.717, 1.165) is 22.4 Å². The summed E-state index contributed by atoms with van der Waals surface area (Å²) in [6.45, 7) is 13.5. The maximum atomic E-state index is 2.52. The van der Waals surface area contributed by atoms with Crippen LogP contribution in [0.4, 0.5) is 0 Å². The zero-order chi connectivity index (χ0) is 28.7. The van der Waals surface area contributed by atoms with Crippen LogP contribution in [0.5, 0.6) is 0 Å². The largest absolute Gasteiger partial charge is 0.0626 e. The molecule has 206 valence electrons. The van der Waals surface area contributed by atoms with E-state index >= 15 is 0 Å². The van der Waals surface area contributed by atoms with Crippen molar-refractivity contribution in [2.45, 2.75) is 78.3 Å². The molecular weight excluding hydrogens is 509 g/mol. The third-order valence-electron chi connectivity index (χ3n) is 9.16. The third kappa shape index (κ3) is 5.33. The van der Waals surface area contributed by atoms with Crippen LogP contribution < -0.4 is 0 Å². The third-order valence-corrected chi connectivity index (χ3v) is 10.6. The maximum absolute atomic E-state index is 2.52. The second kappa shape index (κ2) is 11.5. The zero-order valence-electron chi connectivity index (χ0n) is 25.6. The van der Waals surface area contributed by atoms with Crippen molar-refractivity contribution in [1.82, 2.24) is 0 Å². The summed E-state index contributed by atoms with van der Waals surface area (Å²) in [6, 6.07) is 30.4. The van der Waals surface area contributed by atoms with Crippen molar-refractivity contribution in [1.29, 1.82) is 0 Å². The number of benzene rings is 4. The van der Waals surface area contributed by atoms with Gasteiger partial charge in [0.1, 0.15) is 0 Å². The van der Waals surface area contributed by atoms with Gasteiger partial charge in [0, 0.05) is 21.4 Å². The van der Waals surface area contributed by atoms with Gasteiger partial charge in [0.2, 0.25) is 0 Å². The van der Waals surface area contributed by atoms with Crippen LogP contribution in [0.25, 0.3) is 34.4 Å². The van der Waals surface area contributed by atoms with E-state index in [4.69, 9.17) is 0 Å². The first-order chi connectivity index (χ1) is 19.9. The summed E-state index contributed by atoms with van der Waals surface area (Å²) in [5, 5.41) is 0. The van der Waals surface area contributed by atoms with Crippen molar-refractivity contribution in [3.05, 3.63) is 128 Å². The first kappa shape index (κ1) is 27.7. The molecule has 0 fully saturated rings. The SMILES string of the molecule is CCC1=Cc2c(-c3cc(C)cc(C)c3)cccc2C1C[Si]CC1C(CC)=Cc2c(-c3cc(C)cc(C)c3)cccc21. The normalized spacial score (nSPS) is 17.3. The van der Waals surface area contributed by atoms with Gasteiger partial charge in [0.25, 0.3) is 0 Å². The number of fused-ring (bicyclic) bond motifs is 2. The van der Waals surface area contributed by atoms with Crippen LogP contribution in [0.1, 0.15) is 83.0 Å². The highest BCUT2D eigenvalue weighted by Crippen LogP contribution is 2.47. The smallest absolute Gasteiger partial charge is 0.0397 e. The van der Waals surface area contributed by atoms with Crippen molar-refractivity contribution < 1.29 is 0 Å². The summed E-state index contributed by atoms with van der Waals surface area (Å²) in [4.78, 5) is 0. The van der Waals surface area contributed by atoms with Crippen LogP contribution >= 0.6 is 0 Å². The van der Waals surface area contributed by atoms with Crippen molar-refractivity contribution in [2.24, 2.45) is 0 Å². The average molecular weight is 551 g/mol. The molecule has 0 nitrogen and oxygen atoms in total. The van der Waals surface area contributed by atoms with Gasteiger partial charge >= 0.3 is 0 Å². The highest BCUT2D eigenvalue weighted by molar-refractivity contribution is 6.36. The molecule has 0 heterocycles. The lowest BCUT2D eigenvalue weighted by Gasteiger charge is -2.20. The average Bonchev–Trinajstić information content (AvgIpc) is 3.49. The Balaban J connectivity index is 1.25. The van der Waals surface area contributed by atoms with Gasteiger partial charge in [-0.25, -0.2) is 0 Å². The first-order valence-corrected chi connectivity index (χ1v) is 16.8. The predicted octanol–water partition coefficient (Wildman–Crippen LogP) is 11.3. The summed E-state index contributed by atoms with van der Waals surface area (Å²) < 4.78 is 0. The topological polar surface area (TPSA) is 0 Å². The molecule has 2 atom stereocenters. The Kier molecular flexibility index (Phi) is 7.75. The molecule has 0 aromatic heterocycles. The van der Waals surface area contributed by atoms with Crippen LogP contribution in [-0.2, 0) is 0 Å². The van der Waals surface area contributed by atoms with Gasteiger partial charge in [-0.15, -0.1) is 0 Å². The molecule has 0 aliphatic heterocycles. The Labute approximate surface area is 250 Å². The zero-order valence-corrected chi connectivity index (χ0v) is 26.6. The van der Waals surface area contributed by atoms with Gasteiger partial charge in [0.05, 0.1) is 0 Å². The molecule has 4 aromatic rings. The Bertz CT molecular complexity index is 1520. The molecule has 2 radical (unpaired) electrons. The van der Waals surface area contributed by atoms with E-state index in [1.54, 1.807) is 22.3 Å². The summed E-state index contributed by atoms with van der Waals surface area (Å²) in [5.41, 5.74) is 20.1. The molecule has 2 unspecified atom stereocenters. The molecule has 0 N–H and O–H groups in total. The molecule has 0 spiro atoms. The lowest BCUT2D eigenvalue weighted by Crippen LogP contribution is -2.08. The van der Waals surface area contributed by atoms with E-state index in [1.165, 1.54) is 67.7 Å². The minimum Gasteiger partial charge on any atom is -0.0626 e. The van der Waals surface area contributed by atoms with Crippen LogP contribution in [0.3, 0.4) is 0 Å². The molecule has 0 amide bonds. The van der Waals surface area contributed by atoms with E-state index < -0.39 is 0 Å². The van der Waals surface area contributed by atoms with Gasteiger partial charge < -0.3 is 0 Å².